The molecule has 1 amide bonds. The van der Waals surface area contributed by atoms with Gasteiger partial charge in [0.25, 0.3) is 0 Å². The van der Waals surface area contributed by atoms with Crippen molar-refractivity contribution in [2.45, 2.75) is 12.8 Å². The van der Waals surface area contributed by atoms with Gasteiger partial charge in [0.05, 0.1) is 5.02 Å². The summed E-state index contributed by atoms with van der Waals surface area (Å²) in [6.45, 7) is 0.192. The topological polar surface area (TPSA) is 77.0 Å². The number of hydrogen-bond acceptors (Lipinski definition) is 5. The van der Waals surface area contributed by atoms with Crippen molar-refractivity contribution in [2.24, 2.45) is 5.10 Å². The highest BCUT2D eigenvalue weighted by atomic mass is 35.5. The molecule has 1 heterocycles. The summed E-state index contributed by atoms with van der Waals surface area (Å²) in [4.78, 5) is 22.5. The summed E-state index contributed by atoms with van der Waals surface area (Å²) in [5.74, 6) is -0.326. The second-order valence-corrected chi connectivity index (χ2v) is 5.00. The van der Waals surface area contributed by atoms with Crippen molar-refractivity contribution in [3.63, 3.8) is 0 Å². The van der Waals surface area contributed by atoms with Gasteiger partial charge in [0.15, 0.2) is 0 Å². The first-order valence-corrected chi connectivity index (χ1v) is 6.92. The molecule has 112 valence electrons. The van der Waals surface area contributed by atoms with Crippen molar-refractivity contribution in [3.05, 3.63) is 28.2 Å². The Balaban J connectivity index is 1.74. The number of nitrogens with zero attached hydrogens (tertiary/aromatic N) is 1. The molecule has 1 aromatic rings. The molecular weight excluding hydrogens is 319 g/mol. The second kappa shape index (κ2) is 7.28. The molecule has 0 saturated carbocycles. The van der Waals surface area contributed by atoms with Gasteiger partial charge in [0.2, 0.25) is 5.91 Å². The molecule has 0 unspecified atom stereocenters. The van der Waals surface area contributed by atoms with E-state index in [1.165, 1.54) is 0 Å². The van der Waals surface area contributed by atoms with Gasteiger partial charge in [-0.3, -0.25) is 4.79 Å². The van der Waals surface area contributed by atoms with Crippen LogP contribution in [0.4, 0.5) is 0 Å². The highest BCUT2D eigenvalue weighted by Gasteiger charge is 2.19. The molecule has 1 aromatic carbocycles. The maximum absolute atomic E-state index is 11.6. The Bertz CT molecular complexity index is 590. The fourth-order valence-corrected chi connectivity index (χ4v) is 2.05. The maximum atomic E-state index is 11.6. The standard InChI is InChI=1S/C13H12Cl2N2O4/c14-8-1-3-11(9(15)7-8)20-5-6-21-13(19)10-2-4-12(18)17-16-10/h1,3,7H,2,4-6H2,(H,17,18). The Labute approximate surface area is 131 Å². The average Bonchev–Trinajstić information content (AvgIpc) is 2.46. The molecule has 0 atom stereocenters. The second-order valence-electron chi connectivity index (χ2n) is 4.15. The monoisotopic (exact) mass is 330 g/mol. The molecule has 0 radical (unpaired) electrons. The minimum Gasteiger partial charge on any atom is -0.488 e. The molecule has 1 aliphatic heterocycles. The van der Waals surface area contributed by atoms with Crippen LogP contribution in [0.5, 0.6) is 5.75 Å². The smallest absolute Gasteiger partial charge is 0.354 e. The fourth-order valence-electron chi connectivity index (χ4n) is 1.58. The summed E-state index contributed by atoms with van der Waals surface area (Å²) in [5.41, 5.74) is 2.42. The zero-order valence-electron chi connectivity index (χ0n) is 10.9. The molecule has 0 saturated heterocycles. The molecule has 8 heteroatoms. The highest BCUT2D eigenvalue weighted by molar-refractivity contribution is 6.37. The van der Waals surface area contributed by atoms with Gasteiger partial charge < -0.3 is 9.47 Å². The number of carbonyl (C=O) groups is 2. The van der Waals surface area contributed by atoms with Gasteiger partial charge in [-0.2, -0.15) is 5.10 Å². The summed E-state index contributed by atoms with van der Waals surface area (Å²) in [5, 5.41) is 4.53. The van der Waals surface area contributed by atoms with E-state index in [-0.39, 0.29) is 37.7 Å². The predicted molar refractivity (Wildman–Crippen MR) is 77.7 cm³/mol. The molecule has 1 N–H and O–H groups in total. The number of halogens is 2. The third-order valence-corrected chi connectivity index (χ3v) is 3.14. The zero-order valence-corrected chi connectivity index (χ0v) is 12.4. The number of esters is 1. The van der Waals surface area contributed by atoms with E-state index >= 15 is 0 Å². The van der Waals surface area contributed by atoms with E-state index in [0.29, 0.717) is 15.8 Å². The van der Waals surface area contributed by atoms with Crippen LogP contribution in [0.2, 0.25) is 10.0 Å². The van der Waals surface area contributed by atoms with Crippen molar-refractivity contribution in [1.29, 1.82) is 0 Å². The van der Waals surface area contributed by atoms with Crippen LogP contribution in [0.15, 0.2) is 23.3 Å². The number of hydrogen-bond donors (Lipinski definition) is 1. The number of rotatable bonds is 5. The van der Waals surface area contributed by atoms with Crippen LogP contribution >= 0.6 is 23.2 Å². The van der Waals surface area contributed by atoms with Crippen LogP contribution in [0.25, 0.3) is 0 Å². The molecule has 2 rings (SSSR count). The number of carbonyl (C=O) groups excluding carboxylic acids is 2. The van der Waals surface area contributed by atoms with Gasteiger partial charge in [-0.05, 0) is 18.2 Å². The Morgan fingerprint density at radius 1 is 1.29 bits per heavy atom. The van der Waals surface area contributed by atoms with Crippen molar-refractivity contribution >= 4 is 40.8 Å². The van der Waals surface area contributed by atoms with E-state index in [2.05, 4.69) is 10.5 Å². The lowest BCUT2D eigenvalue weighted by Crippen LogP contribution is -2.31. The number of hydrazone groups is 1. The van der Waals surface area contributed by atoms with E-state index in [1.54, 1.807) is 18.2 Å². The molecule has 0 spiro atoms. The Morgan fingerprint density at radius 2 is 2.10 bits per heavy atom. The van der Waals surface area contributed by atoms with Crippen LogP contribution in [-0.2, 0) is 14.3 Å². The quantitative estimate of drug-likeness (QED) is 0.663. The zero-order chi connectivity index (χ0) is 15.2. The van der Waals surface area contributed by atoms with Gasteiger partial charge in [0, 0.05) is 17.9 Å². The number of ether oxygens (including phenoxy) is 2. The lowest BCUT2D eigenvalue weighted by molar-refractivity contribution is -0.136. The van der Waals surface area contributed by atoms with Gasteiger partial charge >= 0.3 is 5.97 Å². The van der Waals surface area contributed by atoms with Gasteiger partial charge in [-0.1, -0.05) is 23.2 Å². The SMILES string of the molecule is O=C1CCC(C(=O)OCCOc2ccc(Cl)cc2Cl)=NN1. The lowest BCUT2D eigenvalue weighted by Gasteiger charge is -2.12. The van der Waals surface area contributed by atoms with Crippen LogP contribution in [0, 0.1) is 0 Å². The van der Waals surface area contributed by atoms with Gasteiger partial charge in [-0.15, -0.1) is 0 Å². The Hall–Kier alpha value is -1.79. The third-order valence-electron chi connectivity index (χ3n) is 2.61. The average molecular weight is 331 g/mol. The summed E-state index contributed by atoms with van der Waals surface area (Å²) in [6, 6.07) is 4.84. The highest BCUT2D eigenvalue weighted by Crippen LogP contribution is 2.27. The first kappa shape index (κ1) is 15.6. The Morgan fingerprint density at radius 3 is 2.76 bits per heavy atom. The largest absolute Gasteiger partial charge is 0.488 e. The predicted octanol–water partition coefficient (Wildman–Crippen LogP) is 2.18. The summed E-state index contributed by atoms with van der Waals surface area (Å²) in [6.07, 6.45) is 0.499. The molecule has 0 aliphatic carbocycles. The van der Waals surface area contributed by atoms with Crippen LogP contribution in [-0.4, -0.2) is 30.8 Å². The van der Waals surface area contributed by atoms with E-state index in [1.807, 2.05) is 0 Å². The van der Waals surface area contributed by atoms with Gasteiger partial charge in [-0.25, -0.2) is 10.2 Å². The number of benzene rings is 1. The molecular formula is C13H12Cl2N2O4. The lowest BCUT2D eigenvalue weighted by atomic mass is 10.2. The van der Waals surface area contributed by atoms with E-state index in [9.17, 15) is 9.59 Å². The first-order chi connectivity index (χ1) is 10.1. The molecule has 1 aliphatic rings. The fraction of sp³-hybridized carbons (Fsp3) is 0.308. The molecule has 21 heavy (non-hydrogen) atoms. The normalized spacial score (nSPS) is 14.2. The first-order valence-electron chi connectivity index (χ1n) is 6.16. The minimum atomic E-state index is -0.569. The summed E-state index contributed by atoms with van der Waals surface area (Å²) in [7, 11) is 0. The Kier molecular flexibility index (Phi) is 5.41. The number of nitrogens with one attached hydrogen (secondary N) is 1. The van der Waals surface area contributed by atoms with E-state index in [0.717, 1.165) is 0 Å². The molecule has 0 bridgehead atoms. The summed E-state index contributed by atoms with van der Waals surface area (Å²) < 4.78 is 10.4. The third kappa shape index (κ3) is 4.61. The van der Waals surface area contributed by atoms with Crippen molar-refractivity contribution in [3.8, 4) is 5.75 Å². The van der Waals surface area contributed by atoms with Crippen LogP contribution in [0.1, 0.15) is 12.8 Å². The number of amides is 1. The van der Waals surface area contributed by atoms with Crippen molar-refractivity contribution in [2.75, 3.05) is 13.2 Å². The maximum Gasteiger partial charge on any atom is 0.354 e. The van der Waals surface area contributed by atoms with Crippen LogP contribution < -0.4 is 10.2 Å². The van der Waals surface area contributed by atoms with Crippen molar-refractivity contribution in [1.82, 2.24) is 5.43 Å². The molecule has 0 aromatic heterocycles. The van der Waals surface area contributed by atoms with Crippen LogP contribution in [0.3, 0.4) is 0 Å². The molecule has 6 nitrogen and oxygen atoms in total. The minimum absolute atomic E-state index is 0.0464. The van der Waals surface area contributed by atoms with E-state index < -0.39 is 5.97 Å². The van der Waals surface area contributed by atoms with E-state index in [4.69, 9.17) is 32.7 Å². The van der Waals surface area contributed by atoms with Crippen molar-refractivity contribution < 1.29 is 19.1 Å². The molecule has 0 fully saturated rings. The summed E-state index contributed by atoms with van der Waals surface area (Å²) >= 11 is 11.7. The van der Waals surface area contributed by atoms with Gasteiger partial charge in [0.1, 0.15) is 24.7 Å².